The second-order valence-electron chi connectivity index (χ2n) is 11.3. The predicted molar refractivity (Wildman–Crippen MR) is 180 cm³/mol. The van der Waals surface area contributed by atoms with E-state index >= 15 is 0 Å². The minimum atomic E-state index is -0.480. The summed E-state index contributed by atoms with van der Waals surface area (Å²) in [5.74, 6) is 0.726. The zero-order chi connectivity index (χ0) is 29.1. The summed E-state index contributed by atoms with van der Waals surface area (Å²) in [5, 5.41) is 0. The largest absolute Gasteiger partial charge is 0.228 e. The molecule has 7 aromatic rings. The molecule has 0 N–H and O–H groups in total. The summed E-state index contributed by atoms with van der Waals surface area (Å²) in [6.45, 7) is 0. The molecule has 0 bridgehead atoms. The number of hydrogen-bond acceptors (Lipinski definition) is 3. The molecule has 1 aromatic heterocycles. The summed E-state index contributed by atoms with van der Waals surface area (Å²) in [7, 11) is 0. The molecule has 0 atom stereocenters. The average molecular weight is 579 g/mol. The average Bonchev–Trinajstić information content (AvgIpc) is 3.40. The first-order valence-electron chi connectivity index (χ1n) is 14.9. The Morgan fingerprint density at radius 1 is 0.409 bits per heavy atom. The van der Waals surface area contributed by atoms with Gasteiger partial charge in [0.2, 0.25) is 0 Å². The van der Waals surface area contributed by atoms with Crippen LogP contribution in [0.4, 0.5) is 0 Å². The molecular weight excluding hydrogens is 553 g/mol. The van der Waals surface area contributed by atoms with Crippen LogP contribution in [0.2, 0.25) is 0 Å². The van der Waals surface area contributed by atoms with Crippen LogP contribution in [0, 0.1) is 0 Å². The van der Waals surface area contributed by atoms with E-state index in [9.17, 15) is 0 Å². The van der Waals surface area contributed by atoms with Gasteiger partial charge in [-0.3, -0.25) is 0 Å². The Hall–Kier alpha value is -5.25. The lowest BCUT2D eigenvalue weighted by molar-refractivity contribution is 0.723. The molecule has 0 saturated heterocycles. The molecule has 2 aliphatic rings. The number of nitrogens with zero attached hydrogens (tertiary/aromatic N) is 2. The number of rotatable bonds is 3. The minimum Gasteiger partial charge on any atom is -0.228 e. The first kappa shape index (κ1) is 25.3. The third-order valence-corrected chi connectivity index (χ3v) is 10.1. The molecule has 6 aromatic carbocycles. The summed E-state index contributed by atoms with van der Waals surface area (Å²) < 4.78 is 0. The van der Waals surface area contributed by atoms with Crippen molar-refractivity contribution >= 4 is 11.8 Å². The Morgan fingerprint density at radius 3 is 1.64 bits per heavy atom. The maximum absolute atomic E-state index is 5.31. The van der Waals surface area contributed by atoms with Crippen LogP contribution < -0.4 is 0 Å². The Bertz CT molecular complexity index is 2100. The standard InChI is InChI=1S/C41H26N2S/c1-3-14-27(15-4-1)35-26-36(43-40(42-35)28-16-5-2-6-17-28)31-20-13-19-30-29-18-7-8-21-32(29)41(39(30)31)33-22-9-11-24-37(33)44-38-25-12-10-23-34(38)41/h1-26H. The highest BCUT2D eigenvalue weighted by atomic mass is 32.2. The molecular formula is C41H26N2S. The van der Waals surface area contributed by atoms with Crippen LogP contribution in [0.1, 0.15) is 22.3 Å². The van der Waals surface area contributed by atoms with Gasteiger partial charge in [0.25, 0.3) is 0 Å². The third-order valence-electron chi connectivity index (χ3n) is 8.97. The van der Waals surface area contributed by atoms with Gasteiger partial charge in [0, 0.05) is 26.5 Å². The van der Waals surface area contributed by atoms with Gasteiger partial charge in [-0.15, -0.1) is 0 Å². The topological polar surface area (TPSA) is 25.8 Å². The van der Waals surface area contributed by atoms with E-state index in [2.05, 4.69) is 133 Å². The van der Waals surface area contributed by atoms with Crippen LogP contribution in [0.3, 0.4) is 0 Å². The van der Waals surface area contributed by atoms with Crippen molar-refractivity contribution in [3.05, 3.63) is 180 Å². The Balaban J connectivity index is 1.41. The molecule has 9 rings (SSSR count). The molecule has 1 aliphatic heterocycles. The third kappa shape index (κ3) is 3.63. The van der Waals surface area contributed by atoms with Gasteiger partial charge < -0.3 is 0 Å². The van der Waals surface area contributed by atoms with Crippen LogP contribution in [-0.2, 0) is 5.41 Å². The Labute approximate surface area is 261 Å². The highest BCUT2D eigenvalue weighted by Crippen LogP contribution is 2.63. The first-order chi connectivity index (χ1) is 21.8. The normalized spacial score (nSPS) is 13.5. The van der Waals surface area contributed by atoms with Gasteiger partial charge in [-0.25, -0.2) is 9.97 Å². The lowest BCUT2D eigenvalue weighted by Crippen LogP contribution is -2.32. The zero-order valence-electron chi connectivity index (χ0n) is 23.8. The van der Waals surface area contributed by atoms with Crippen molar-refractivity contribution in [3.8, 4) is 45.0 Å². The van der Waals surface area contributed by atoms with Gasteiger partial charge in [0.1, 0.15) is 0 Å². The quantitative estimate of drug-likeness (QED) is 0.209. The van der Waals surface area contributed by atoms with Gasteiger partial charge >= 0.3 is 0 Å². The van der Waals surface area contributed by atoms with Gasteiger partial charge in [-0.05, 0) is 51.6 Å². The van der Waals surface area contributed by atoms with E-state index in [0.29, 0.717) is 0 Å². The monoisotopic (exact) mass is 578 g/mol. The van der Waals surface area contributed by atoms with E-state index in [1.807, 2.05) is 36.0 Å². The van der Waals surface area contributed by atoms with E-state index in [4.69, 9.17) is 9.97 Å². The summed E-state index contributed by atoms with van der Waals surface area (Å²) >= 11 is 1.87. The fraction of sp³-hybridized carbons (Fsp3) is 0.0244. The molecule has 1 spiro atoms. The van der Waals surface area contributed by atoms with Crippen LogP contribution in [0.15, 0.2) is 168 Å². The molecule has 0 saturated carbocycles. The molecule has 0 fully saturated rings. The van der Waals surface area contributed by atoms with Crippen molar-refractivity contribution in [2.45, 2.75) is 15.2 Å². The summed E-state index contributed by atoms with van der Waals surface area (Å²) in [6, 6.07) is 56.5. The number of benzene rings is 6. The van der Waals surface area contributed by atoms with Crippen LogP contribution >= 0.6 is 11.8 Å². The molecule has 206 valence electrons. The molecule has 1 aliphatic carbocycles. The number of aromatic nitrogens is 2. The number of fused-ring (bicyclic) bond motifs is 9. The molecule has 3 heteroatoms. The summed E-state index contributed by atoms with van der Waals surface area (Å²) in [6.07, 6.45) is 0. The smallest absolute Gasteiger partial charge is 0.160 e. The summed E-state index contributed by atoms with van der Waals surface area (Å²) in [5.41, 5.74) is 12.4. The van der Waals surface area contributed by atoms with Crippen LogP contribution in [0.5, 0.6) is 0 Å². The van der Waals surface area contributed by atoms with Crippen LogP contribution in [-0.4, -0.2) is 9.97 Å². The van der Waals surface area contributed by atoms with E-state index in [-0.39, 0.29) is 0 Å². The highest BCUT2D eigenvalue weighted by molar-refractivity contribution is 7.99. The van der Waals surface area contributed by atoms with Crippen molar-refractivity contribution in [2.24, 2.45) is 0 Å². The SMILES string of the molecule is c1ccc(-c2cc(-c3cccc4c3C3(c5ccccc5Sc5ccccc53)c3ccccc3-4)nc(-c3ccccc3)n2)cc1. The molecule has 2 nitrogen and oxygen atoms in total. The minimum absolute atomic E-state index is 0.480. The van der Waals surface area contributed by atoms with E-state index in [1.165, 1.54) is 43.2 Å². The van der Waals surface area contributed by atoms with Crippen molar-refractivity contribution in [1.29, 1.82) is 0 Å². The van der Waals surface area contributed by atoms with E-state index in [0.717, 1.165) is 33.9 Å². The van der Waals surface area contributed by atoms with Crippen LogP contribution in [0.25, 0.3) is 45.0 Å². The lowest BCUT2D eigenvalue weighted by Gasteiger charge is -2.40. The molecule has 0 radical (unpaired) electrons. The van der Waals surface area contributed by atoms with E-state index < -0.39 is 5.41 Å². The second kappa shape index (κ2) is 9.90. The summed E-state index contributed by atoms with van der Waals surface area (Å²) in [4.78, 5) is 13.0. The van der Waals surface area contributed by atoms with Crippen molar-refractivity contribution in [3.63, 3.8) is 0 Å². The van der Waals surface area contributed by atoms with E-state index in [1.54, 1.807) is 0 Å². The van der Waals surface area contributed by atoms with Crippen molar-refractivity contribution in [1.82, 2.24) is 9.97 Å². The van der Waals surface area contributed by atoms with Crippen molar-refractivity contribution in [2.75, 3.05) is 0 Å². The van der Waals surface area contributed by atoms with Crippen molar-refractivity contribution < 1.29 is 0 Å². The maximum Gasteiger partial charge on any atom is 0.160 e. The molecule has 2 heterocycles. The highest BCUT2D eigenvalue weighted by Gasteiger charge is 2.51. The fourth-order valence-corrected chi connectivity index (χ4v) is 8.38. The van der Waals surface area contributed by atoms with Gasteiger partial charge in [0.15, 0.2) is 5.82 Å². The number of hydrogen-bond donors (Lipinski definition) is 0. The zero-order valence-corrected chi connectivity index (χ0v) is 24.6. The lowest BCUT2D eigenvalue weighted by atomic mass is 9.66. The predicted octanol–water partition coefficient (Wildman–Crippen LogP) is 10.3. The van der Waals surface area contributed by atoms with Gasteiger partial charge in [-0.1, -0.05) is 151 Å². The van der Waals surface area contributed by atoms with Gasteiger partial charge in [0.05, 0.1) is 16.8 Å². The Morgan fingerprint density at radius 2 is 0.932 bits per heavy atom. The maximum atomic E-state index is 5.31. The van der Waals surface area contributed by atoms with Gasteiger partial charge in [-0.2, -0.15) is 0 Å². The molecule has 0 amide bonds. The second-order valence-corrected chi connectivity index (χ2v) is 12.4. The fourth-order valence-electron chi connectivity index (χ4n) is 7.19. The first-order valence-corrected chi connectivity index (χ1v) is 15.7. The molecule has 0 unspecified atom stereocenters. The molecule has 44 heavy (non-hydrogen) atoms. The Kier molecular flexibility index (Phi) is 5.69.